The summed E-state index contributed by atoms with van der Waals surface area (Å²) in [6, 6.07) is 11.2. The van der Waals surface area contributed by atoms with Gasteiger partial charge in [-0.15, -0.1) is 0 Å². The number of nitrogens with two attached hydrogens (primary N) is 1. The van der Waals surface area contributed by atoms with Crippen LogP contribution in [0.25, 0.3) is 0 Å². The summed E-state index contributed by atoms with van der Waals surface area (Å²) in [4.78, 5) is 10.1. The molecule has 1 heterocycles. The molecule has 1 atom stereocenters. The van der Waals surface area contributed by atoms with Crippen LogP contribution in [0, 0.1) is 10.1 Å². The molecular weight excluding hydrogens is 346 g/mol. The molecule has 0 bridgehead atoms. The van der Waals surface area contributed by atoms with Crippen molar-refractivity contribution in [2.45, 2.75) is 17.2 Å². The average molecular weight is 363 g/mol. The summed E-state index contributed by atoms with van der Waals surface area (Å²) in [5.41, 5.74) is 1.06. The molecule has 3 N–H and O–H groups in total. The summed E-state index contributed by atoms with van der Waals surface area (Å²) in [6.45, 7) is 1.08. The van der Waals surface area contributed by atoms with Gasteiger partial charge in [-0.2, -0.15) is 0 Å². The first-order valence-corrected chi connectivity index (χ1v) is 9.17. The molecule has 8 nitrogen and oxygen atoms in total. The van der Waals surface area contributed by atoms with E-state index in [1.165, 1.54) is 12.1 Å². The molecule has 25 heavy (non-hydrogen) atoms. The van der Waals surface area contributed by atoms with Gasteiger partial charge in [-0.05, 0) is 24.1 Å². The van der Waals surface area contributed by atoms with Crippen molar-refractivity contribution in [2.75, 3.05) is 18.5 Å². The van der Waals surface area contributed by atoms with E-state index >= 15 is 0 Å². The molecule has 0 aromatic heterocycles. The van der Waals surface area contributed by atoms with E-state index in [1.54, 1.807) is 0 Å². The van der Waals surface area contributed by atoms with E-state index in [0.29, 0.717) is 18.8 Å². The van der Waals surface area contributed by atoms with Crippen molar-refractivity contribution in [3.05, 3.63) is 58.1 Å². The Balaban J connectivity index is 1.84. The normalized spacial score (nSPS) is 16.6. The summed E-state index contributed by atoms with van der Waals surface area (Å²) in [5, 5.41) is 19.2. The van der Waals surface area contributed by atoms with Crippen LogP contribution in [0.2, 0.25) is 0 Å². The predicted octanol–water partition coefficient (Wildman–Crippen LogP) is 2.22. The third-order valence-corrected chi connectivity index (χ3v) is 4.96. The van der Waals surface area contributed by atoms with Crippen LogP contribution >= 0.6 is 0 Å². The average Bonchev–Trinajstić information content (AvgIpc) is 2.59. The van der Waals surface area contributed by atoms with Gasteiger partial charge >= 0.3 is 0 Å². The van der Waals surface area contributed by atoms with E-state index in [-0.39, 0.29) is 16.5 Å². The third-order valence-electron chi connectivity index (χ3n) is 4.07. The number of hydrogen-bond acceptors (Lipinski definition) is 6. The molecule has 0 saturated heterocycles. The monoisotopic (exact) mass is 363 g/mol. The van der Waals surface area contributed by atoms with Crippen molar-refractivity contribution < 1.29 is 18.1 Å². The summed E-state index contributed by atoms with van der Waals surface area (Å²) in [5.74, 6) is 0.979. The van der Waals surface area contributed by atoms with Crippen molar-refractivity contribution in [2.24, 2.45) is 5.14 Å². The smallest absolute Gasteiger partial charge is 0.272 e. The number of anilines is 1. The fourth-order valence-electron chi connectivity index (χ4n) is 2.82. The quantitative estimate of drug-likeness (QED) is 0.620. The van der Waals surface area contributed by atoms with Crippen LogP contribution < -0.4 is 15.2 Å². The molecule has 0 amide bonds. The molecule has 9 heteroatoms. The zero-order valence-electron chi connectivity index (χ0n) is 13.2. The lowest BCUT2D eigenvalue weighted by Crippen LogP contribution is -2.21. The number of nitrogens with zero attached hydrogens (tertiary/aromatic N) is 1. The zero-order chi connectivity index (χ0) is 18.0. The highest BCUT2D eigenvalue weighted by molar-refractivity contribution is 7.89. The van der Waals surface area contributed by atoms with Gasteiger partial charge in [0.2, 0.25) is 10.0 Å². The van der Waals surface area contributed by atoms with Crippen molar-refractivity contribution in [3.63, 3.8) is 0 Å². The maximum absolute atomic E-state index is 11.5. The van der Waals surface area contributed by atoms with E-state index < -0.39 is 14.9 Å². The Hall–Kier alpha value is -2.65. The van der Waals surface area contributed by atoms with Gasteiger partial charge in [0, 0.05) is 30.3 Å². The maximum Gasteiger partial charge on any atom is 0.272 e. The fourth-order valence-corrected chi connectivity index (χ4v) is 3.40. The Morgan fingerprint density at radius 3 is 2.76 bits per heavy atom. The highest BCUT2D eigenvalue weighted by atomic mass is 32.2. The lowest BCUT2D eigenvalue weighted by atomic mass is 9.93. The van der Waals surface area contributed by atoms with Crippen molar-refractivity contribution in [1.82, 2.24) is 0 Å². The number of nitro benzene ring substituents is 1. The van der Waals surface area contributed by atoms with Gasteiger partial charge in [0.25, 0.3) is 5.69 Å². The highest BCUT2D eigenvalue weighted by Gasteiger charge is 2.22. The largest absolute Gasteiger partial charge is 0.493 e. The lowest BCUT2D eigenvalue weighted by molar-refractivity contribution is -0.385. The van der Waals surface area contributed by atoms with Crippen LogP contribution in [0.1, 0.15) is 17.9 Å². The molecule has 0 fully saturated rings. The number of ether oxygens (including phenoxy) is 1. The van der Waals surface area contributed by atoms with Crippen molar-refractivity contribution in [1.29, 1.82) is 0 Å². The summed E-state index contributed by atoms with van der Waals surface area (Å²) in [6.07, 6.45) is 0.793. The molecule has 132 valence electrons. The lowest BCUT2D eigenvalue weighted by Gasteiger charge is -2.26. The van der Waals surface area contributed by atoms with Gasteiger partial charge in [0.05, 0.1) is 16.4 Å². The van der Waals surface area contributed by atoms with E-state index in [2.05, 4.69) is 5.32 Å². The number of para-hydroxylation sites is 1. The van der Waals surface area contributed by atoms with Crippen LogP contribution in [-0.4, -0.2) is 26.5 Å². The third kappa shape index (κ3) is 3.89. The molecule has 2 aromatic rings. The molecule has 0 spiro atoms. The molecule has 3 rings (SSSR count). The van der Waals surface area contributed by atoms with Gasteiger partial charge in [0.15, 0.2) is 0 Å². The zero-order valence-corrected chi connectivity index (χ0v) is 14.0. The summed E-state index contributed by atoms with van der Waals surface area (Å²) >= 11 is 0. The van der Waals surface area contributed by atoms with Crippen LogP contribution in [-0.2, 0) is 10.0 Å². The molecular formula is C16H17N3O5S. The minimum Gasteiger partial charge on any atom is -0.493 e. The molecule has 2 aromatic carbocycles. The Morgan fingerprint density at radius 1 is 1.28 bits per heavy atom. The maximum atomic E-state index is 11.5. The molecule has 0 saturated carbocycles. The number of non-ortho nitro benzene ring substituents is 1. The van der Waals surface area contributed by atoms with E-state index in [0.717, 1.165) is 23.8 Å². The number of nitro groups is 1. The number of rotatable bonds is 5. The Kier molecular flexibility index (Phi) is 4.60. The number of nitrogens with one attached hydrogen (secondary N) is 1. The Bertz CT molecular complexity index is 914. The second kappa shape index (κ2) is 6.69. The second-order valence-corrected chi connectivity index (χ2v) is 7.33. The minimum absolute atomic E-state index is 0.155. The van der Waals surface area contributed by atoms with Crippen LogP contribution in [0.3, 0.4) is 0 Å². The molecule has 1 aliphatic rings. The van der Waals surface area contributed by atoms with Gasteiger partial charge in [0.1, 0.15) is 5.75 Å². The molecule has 1 unspecified atom stereocenters. The number of primary sulfonamides is 1. The number of benzene rings is 2. The summed E-state index contributed by atoms with van der Waals surface area (Å²) < 4.78 is 28.7. The van der Waals surface area contributed by atoms with Crippen molar-refractivity contribution in [3.8, 4) is 5.75 Å². The second-order valence-electron chi connectivity index (χ2n) is 5.77. The Labute approximate surface area is 144 Å². The van der Waals surface area contributed by atoms with E-state index in [1.807, 2.05) is 24.3 Å². The standard InChI is InChI=1S/C16H17N3O5S/c17-25(22,23)14-8-12(7-13(9-14)19(20)21)18-10-11-5-6-24-16-4-2-1-3-15(11)16/h1-4,7-9,11,18H,5-6,10H2,(H2,17,22,23). The van der Waals surface area contributed by atoms with Crippen LogP contribution in [0.15, 0.2) is 47.4 Å². The first-order chi connectivity index (χ1) is 11.8. The molecule has 0 aliphatic carbocycles. The van der Waals surface area contributed by atoms with Gasteiger partial charge < -0.3 is 10.1 Å². The molecule has 0 radical (unpaired) electrons. The van der Waals surface area contributed by atoms with Crippen LogP contribution in [0.4, 0.5) is 11.4 Å². The first kappa shape index (κ1) is 17.2. The van der Waals surface area contributed by atoms with Gasteiger partial charge in [-0.1, -0.05) is 18.2 Å². The van der Waals surface area contributed by atoms with E-state index in [4.69, 9.17) is 9.88 Å². The van der Waals surface area contributed by atoms with Gasteiger partial charge in [-0.25, -0.2) is 13.6 Å². The van der Waals surface area contributed by atoms with Gasteiger partial charge in [-0.3, -0.25) is 10.1 Å². The SMILES string of the molecule is NS(=O)(=O)c1cc(NCC2CCOc3ccccc32)cc([N+](=O)[O-])c1. The predicted molar refractivity (Wildman–Crippen MR) is 92.3 cm³/mol. The highest BCUT2D eigenvalue weighted by Crippen LogP contribution is 2.33. The van der Waals surface area contributed by atoms with E-state index in [9.17, 15) is 18.5 Å². The topological polar surface area (TPSA) is 125 Å². The van der Waals surface area contributed by atoms with Crippen LogP contribution in [0.5, 0.6) is 5.75 Å². The van der Waals surface area contributed by atoms with Crippen molar-refractivity contribution >= 4 is 21.4 Å². The fraction of sp³-hybridized carbons (Fsp3) is 0.250. The number of sulfonamides is 1. The number of hydrogen-bond donors (Lipinski definition) is 2. The minimum atomic E-state index is -4.04. The number of fused-ring (bicyclic) bond motifs is 1. The first-order valence-electron chi connectivity index (χ1n) is 7.62. The molecule has 1 aliphatic heterocycles. The summed E-state index contributed by atoms with van der Waals surface area (Å²) in [7, 11) is -4.04. The Morgan fingerprint density at radius 2 is 2.04 bits per heavy atom.